The van der Waals surface area contributed by atoms with Crippen LogP contribution in [-0.4, -0.2) is 90.6 Å². The van der Waals surface area contributed by atoms with Crippen molar-refractivity contribution in [3.8, 4) is 10.6 Å². The second-order valence-corrected chi connectivity index (χ2v) is 14.2. The number of benzene rings is 2. The molecule has 4 N–H and O–H groups in total. The molecule has 264 valence electrons. The predicted octanol–water partition coefficient (Wildman–Crippen LogP) is 3.87. The molecule has 0 radical (unpaired) electrons. The molecule has 13 nitrogen and oxygen atoms in total. The molecule has 0 bridgehead atoms. The van der Waals surface area contributed by atoms with Crippen LogP contribution >= 0.6 is 11.3 Å². The minimum Gasteiger partial charge on any atom is -0.453 e. The van der Waals surface area contributed by atoms with E-state index in [2.05, 4.69) is 21.0 Å². The van der Waals surface area contributed by atoms with Crippen molar-refractivity contribution in [3.05, 3.63) is 77.3 Å². The Kier molecular flexibility index (Phi) is 12.2. The summed E-state index contributed by atoms with van der Waals surface area (Å²) in [5.74, 6) is -0.532. The number of carbonyl (C=O) groups is 3. The maximum Gasteiger partial charge on any atom is 0.407 e. The Hall–Kier alpha value is -4.08. The molecule has 14 heteroatoms. The number of nitrogens with one attached hydrogen (secondary N) is 3. The summed E-state index contributed by atoms with van der Waals surface area (Å²) in [5, 5.41) is 21.7. The van der Waals surface area contributed by atoms with Crippen molar-refractivity contribution in [2.24, 2.45) is 11.3 Å². The van der Waals surface area contributed by atoms with E-state index in [1.807, 2.05) is 80.7 Å². The number of ether oxygens (including phenoxy) is 4. The molecule has 2 aromatic carbocycles. The summed E-state index contributed by atoms with van der Waals surface area (Å²) in [6.07, 6.45) is -0.680. The fraction of sp³-hybridized carbons (Fsp3) is 0.486. The normalized spacial score (nSPS) is 20.6. The quantitative estimate of drug-likeness (QED) is 0.193. The monoisotopic (exact) mass is 695 g/mol. The number of hydrogen-bond acceptors (Lipinski definition) is 11. The number of rotatable bonds is 13. The SMILES string of the molecule is COC(=O)N[C@H](C(=O)NN(Cc1ccccc1)C[C@H](O)[C@H](Cc1ccc(-c2nccs2)cc1)NC(=O)O[C@H]1CO[C@H]2OCC[C@H]21)C(C)(C)C. The highest BCUT2D eigenvalue weighted by Crippen LogP contribution is 2.33. The molecule has 3 heterocycles. The van der Waals surface area contributed by atoms with Gasteiger partial charge in [-0.2, -0.15) is 0 Å². The van der Waals surface area contributed by atoms with Gasteiger partial charge in [0, 0.05) is 30.2 Å². The van der Waals surface area contributed by atoms with Crippen LogP contribution in [0.5, 0.6) is 0 Å². The van der Waals surface area contributed by atoms with Gasteiger partial charge in [0.25, 0.3) is 5.91 Å². The van der Waals surface area contributed by atoms with Crippen molar-refractivity contribution in [1.29, 1.82) is 0 Å². The van der Waals surface area contributed by atoms with E-state index in [1.165, 1.54) is 18.4 Å². The van der Waals surface area contributed by atoms with E-state index in [9.17, 15) is 19.5 Å². The first-order valence-electron chi connectivity index (χ1n) is 16.3. The van der Waals surface area contributed by atoms with Crippen LogP contribution in [0.1, 0.15) is 38.3 Å². The van der Waals surface area contributed by atoms with Crippen molar-refractivity contribution in [1.82, 2.24) is 26.1 Å². The molecule has 3 aromatic rings. The first-order chi connectivity index (χ1) is 23.5. The third-order valence-corrected chi connectivity index (χ3v) is 9.39. The summed E-state index contributed by atoms with van der Waals surface area (Å²) in [4.78, 5) is 43.5. The van der Waals surface area contributed by atoms with Crippen molar-refractivity contribution in [2.45, 2.75) is 70.7 Å². The topological polar surface area (TPSA) is 161 Å². The second-order valence-electron chi connectivity index (χ2n) is 13.3. The van der Waals surface area contributed by atoms with Gasteiger partial charge in [0.2, 0.25) is 0 Å². The Morgan fingerprint density at radius 1 is 1.04 bits per heavy atom. The number of alkyl carbamates (subject to hydrolysis) is 2. The molecule has 2 aliphatic rings. The molecule has 6 atom stereocenters. The van der Waals surface area contributed by atoms with Crippen LogP contribution < -0.4 is 16.1 Å². The Balaban J connectivity index is 1.35. The Bertz CT molecular complexity index is 1520. The van der Waals surface area contributed by atoms with Gasteiger partial charge in [-0.3, -0.25) is 10.2 Å². The molecule has 1 aromatic heterocycles. The minimum atomic E-state index is -1.17. The summed E-state index contributed by atoms with van der Waals surface area (Å²) < 4.78 is 21.8. The van der Waals surface area contributed by atoms with Gasteiger partial charge >= 0.3 is 12.2 Å². The number of carbonyl (C=O) groups excluding carboxylic acids is 3. The van der Waals surface area contributed by atoms with Crippen LogP contribution in [0.25, 0.3) is 10.6 Å². The molecule has 5 rings (SSSR count). The molecule has 2 fully saturated rings. The van der Waals surface area contributed by atoms with Gasteiger partial charge in [-0.1, -0.05) is 75.4 Å². The number of nitrogens with zero attached hydrogens (tertiary/aromatic N) is 2. The van der Waals surface area contributed by atoms with Gasteiger partial charge in [-0.05, 0) is 29.4 Å². The van der Waals surface area contributed by atoms with Crippen molar-refractivity contribution < 1.29 is 38.4 Å². The summed E-state index contributed by atoms with van der Waals surface area (Å²) >= 11 is 1.54. The first-order valence-corrected chi connectivity index (χ1v) is 17.2. The molecule has 0 spiro atoms. The molecule has 2 aliphatic heterocycles. The number of hydrogen-bond donors (Lipinski definition) is 4. The lowest BCUT2D eigenvalue weighted by Crippen LogP contribution is -2.59. The summed E-state index contributed by atoms with van der Waals surface area (Å²) in [6, 6.07) is 15.5. The number of methoxy groups -OCH3 is 1. The number of fused-ring (bicyclic) bond motifs is 1. The Morgan fingerprint density at radius 2 is 1.80 bits per heavy atom. The lowest BCUT2D eigenvalue weighted by Gasteiger charge is -2.34. The van der Waals surface area contributed by atoms with Crippen LogP contribution in [0.3, 0.4) is 0 Å². The fourth-order valence-corrected chi connectivity index (χ4v) is 6.58. The maximum absolute atomic E-state index is 13.7. The summed E-state index contributed by atoms with van der Waals surface area (Å²) in [5.41, 5.74) is 4.93. The third-order valence-electron chi connectivity index (χ3n) is 8.57. The zero-order chi connectivity index (χ0) is 35.0. The standard InChI is InChI=1S/C35H45N5O8S/c1-35(2,3)29(38-33(43)45-4)30(42)39-40(19-23-8-6-5-7-9-23)20-27(41)26(18-22-10-12-24(13-11-22)31-36-15-17-49-31)37-34(44)48-28-21-47-32-25(28)14-16-46-32/h5-13,15,17,25-29,32,41H,14,16,18-21H2,1-4H3,(H,37,44)(H,38,43)(H,39,42)/t25-,26-,27-,28-,29+,32+/m0/s1. The molecular formula is C35H45N5O8S. The fourth-order valence-electron chi connectivity index (χ4n) is 5.94. The van der Waals surface area contributed by atoms with E-state index >= 15 is 0 Å². The van der Waals surface area contributed by atoms with E-state index in [0.717, 1.165) is 28.1 Å². The lowest BCUT2D eigenvalue weighted by molar-refractivity contribution is -0.131. The van der Waals surface area contributed by atoms with Crippen LogP contribution in [-0.2, 0) is 36.7 Å². The van der Waals surface area contributed by atoms with Gasteiger partial charge in [0.05, 0.1) is 38.4 Å². The molecule has 0 unspecified atom stereocenters. The number of thiazole rings is 1. The summed E-state index contributed by atoms with van der Waals surface area (Å²) in [6.45, 7) is 6.42. The first kappa shape index (κ1) is 36.2. The number of hydrazine groups is 1. The predicted molar refractivity (Wildman–Crippen MR) is 182 cm³/mol. The maximum atomic E-state index is 13.7. The number of amides is 3. The zero-order valence-corrected chi connectivity index (χ0v) is 29.0. The second kappa shape index (κ2) is 16.5. The minimum absolute atomic E-state index is 0.0431. The third kappa shape index (κ3) is 9.98. The lowest BCUT2D eigenvalue weighted by atomic mass is 9.86. The Labute approximate surface area is 290 Å². The Morgan fingerprint density at radius 3 is 2.47 bits per heavy atom. The molecule has 2 saturated heterocycles. The smallest absolute Gasteiger partial charge is 0.407 e. The van der Waals surface area contributed by atoms with Gasteiger partial charge < -0.3 is 34.7 Å². The van der Waals surface area contributed by atoms with E-state index in [-0.39, 0.29) is 38.3 Å². The van der Waals surface area contributed by atoms with Crippen LogP contribution in [0.2, 0.25) is 0 Å². The van der Waals surface area contributed by atoms with E-state index in [0.29, 0.717) is 6.61 Å². The largest absolute Gasteiger partial charge is 0.453 e. The zero-order valence-electron chi connectivity index (χ0n) is 28.2. The average molecular weight is 696 g/mol. The highest BCUT2D eigenvalue weighted by atomic mass is 32.1. The van der Waals surface area contributed by atoms with E-state index in [1.54, 1.807) is 11.2 Å². The van der Waals surface area contributed by atoms with Crippen molar-refractivity contribution >= 4 is 29.4 Å². The average Bonchev–Trinajstić information content (AvgIpc) is 3.84. The van der Waals surface area contributed by atoms with E-state index < -0.39 is 47.8 Å². The van der Waals surface area contributed by atoms with Crippen LogP contribution in [0.15, 0.2) is 66.2 Å². The molecule has 3 amide bonds. The van der Waals surface area contributed by atoms with Gasteiger partial charge in [0.1, 0.15) is 17.2 Å². The highest BCUT2D eigenvalue weighted by molar-refractivity contribution is 7.13. The molecule has 0 aliphatic carbocycles. The van der Waals surface area contributed by atoms with Crippen LogP contribution in [0.4, 0.5) is 9.59 Å². The molecular weight excluding hydrogens is 650 g/mol. The van der Waals surface area contributed by atoms with Gasteiger partial charge in [0.15, 0.2) is 6.29 Å². The van der Waals surface area contributed by atoms with Gasteiger partial charge in [-0.15, -0.1) is 11.3 Å². The molecule has 49 heavy (non-hydrogen) atoms. The molecule has 0 saturated carbocycles. The van der Waals surface area contributed by atoms with Crippen molar-refractivity contribution in [2.75, 3.05) is 26.9 Å². The van der Waals surface area contributed by atoms with Gasteiger partial charge in [-0.25, -0.2) is 19.6 Å². The van der Waals surface area contributed by atoms with Crippen LogP contribution in [0, 0.1) is 11.3 Å². The highest BCUT2D eigenvalue weighted by Gasteiger charge is 2.44. The van der Waals surface area contributed by atoms with Crippen molar-refractivity contribution in [3.63, 3.8) is 0 Å². The number of aromatic nitrogens is 1. The number of aliphatic hydroxyl groups is 1. The number of aliphatic hydroxyl groups excluding tert-OH is 1. The van der Waals surface area contributed by atoms with E-state index in [4.69, 9.17) is 18.9 Å². The summed E-state index contributed by atoms with van der Waals surface area (Å²) in [7, 11) is 1.23.